The Kier molecular flexibility index (Phi) is 7.22. The van der Waals surface area contributed by atoms with Gasteiger partial charge in [0.15, 0.2) is 0 Å². The third-order valence-electron chi connectivity index (χ3n) is 3.30. The van der Waals surface area contributed by atoms with Crippen molar-refractivity contribution in [2.45, 2.75) is 39.5 Å². The highest BCUT2D eigenvalue weighted by atomic mass is 16.6. The van der Waals surface area contributed by atoms with Gasteiger partial charge in [-0.15, -0.1) is 0 Å². The maximum Gasteiger partial charge on any atom is 0.410 e. The largest absolute Gasteiger partial charge is 0.468 e. The van der Waals surface area contributed by atoms with Crippen LogP contribution in [0.5, 0.6) is 0 Å². The predicted molar refractivity (Wildman–Crippen MR) is 92.5 cm³/mol. The first-order chi connectivity index (χ1) is 11.1. The summed E-state index contributed by atoms with van der Waals surface area (Å²) in [6, 6.07) is 7.84. The Morgan fingerprint density at radius 1 is 1.04 bits per heavy atom. The zero-order valence-corrected chi connectivity index (χ0v) is 15.5. The summed E-state index contributed by atoms with van der Waals surface area (Å²) in [6.45, 7) is 6.77. The molecule has 0 spiro atoms. The molecule has 0 heterocycles. The van der Waals surface area contributed by atoms with Crippen LogP contribution < -0.4 is 0 Å². The molecule has 6 heteroatoms. The number of likely N-dealkylation sites (N-methyl/N-ethyl adjacent to an activating group) is 1. The van der Waals surface area contributed by atoms with Crippen molar-refractivity contribution in [2.75, 3.05) is 27.7 Å². The molecule has 0 fully saturated rings. The number of esters is 1. The minimum absolute atomic E-state index is 0.215. The van der Waals surface area contributed by atoms with Crippen LogP contribution in [0.3, 0.4) is 0 Å². The monoisotopic (exact) mass is 336 g/mol. The van der Waals surface area contributed by atoms with Gasteiger partial charge in [0.05, 0.1) is 13.7 Å². The zero-order chi connectivity index (χ0) is 18.3. The van der Waals surface area contributed by atoms with E-state index in [2.05, 4.69) is 4.74 Å². The Balaban J connectivity index is 2.75. The molecule has 1 amide bonds. The van der Waals surface area contributed by atoms with E-state index < -0.39 is 5.60 Å². The number of carbonyl (C=O) groups is 2. The van der Waals surface area contributed by atoms with Crippen LogP contribution in [0.1, 0.15) is 31.9 Å². The molecule has 0 aliphatic heterocycles. The van der Waals surface area contributed by atoms with Crippen molar-refractivity contribution in [3.8, 4) is 0 Å². The van der Waals surface area contributed by atoms with Crippen LogP contribution in [0, 0.1) is 0 Å². The summed E-state index contributed by atoms with van der Waals surface area (Å²) in [5.41, 5.74) is 1.55. The molecule has 0 aliphatic rings. The molecule has 1 aromatic carbocycles. The van der Waals surface area contributed by atoms with E-state index in [0.29, 0.717) is 13.1 Å². The average molecular weight is 336 g/mol. The summed E-state index contributed by atoms with van der Waals surface area (Å²) < 4.78 is 10.1. The maximum absolute atomic E-state index is 12.1. The molecule has 0 atom stereocenters. The van der Waals surface area contributed by atoms with Gasteiger partial charge in [-0.2, -0.15) is 0 Å². The normalized spacial score (nSPS) is 11.3. The number of rotatable bonds is 6. The van der Waals surface area contributed by atoms with E-state index in [9.17, 15) is 9.59 Å². The highest BCUT2D eigenvalue weighted by molar-refractivity contribution is 5.71. The van der Waals surface area contributed by atoms with E-state index >= 15 is 0 Å². The van der Waals surface area contributed by atoms with Gasteiger partial charge in [-0.25, -0.2) is 4.79 Å². The topological polar surface area (TPSA) is 59.1 Å². The third-order valence-corrected chi connectivity index (χ3v) is 3.30. The fourth-order valence-electron chi connectivity index (χ4n) is 2.16. The van der Waals surface area contributed by atoms with E-state index in [0.717, 1.165) is 11.1 Å². The van der Waals surface area contributed by atoms with Crippen LogP contribution in [0.4, 0.5) is 4.79 Å². The fourth-order valence-corrected chi connectivity index (χ4v) is 2.16. The lowest BCUT2D eigenvalue weighted by Crippen LogP contribution is -2.34. The molecular weight excluding hydrogens is 308 g/mol. The highest BCUT2D eigenvalue weighted by Gasteiger charge is 2.20. The molecule has 0 saturated heterocycles. The first-order valence-corrected chi connectivity index (χ1v) is 7.88. The van der Waals surface area contributed by atoms with Crippen molar-refractivity contribution in [3.05, 3.63) is 35.4 Å². The molecule has 134 valence electrons. The van der Waals surface area contributed by atoms with Crippen molar-refractivity contribution in [2.24, 2.45) is 0 Å². The Morgan fingerprint density at radius 3 is 2.08 bits per heavy atom. The highest BCUT2D eigenvalue weighted by Crippen LogP contribution is 2.15. The number of methoxy groups -OCH3 is 1. The van der Waals surface area contributed by atoms with E-state index in [1.807, 2.05) is 57.0 Å². The number of nitrogens with zero attached hydrogens (tertiary/aromatic N) is 2. The molecule has 0 aromatic heterocycles. The Morgan fingerprint density at radius 2 is 1.58 bits per heavy atom. The predicted octanol–water partition coefficient (Wildman–Crippen LogP) is 2.66. The lowest BCUT2D eigenvalue weighted by atomic mass is 10.1. The summed E-state index contributed by atoms with van der Waals surface area (Å²) in [5, 5.41) is 0. The van der Waals surface area contributed by atoms with Crippen LogP contribution >= 0.6 is 0 Å². The second kappa shape index (κ2) is 8.68. The minimum Gasteiger partial charge on any atom is -0.468 e. The van der Waals surface area contributed by atoms with Crippen LogP contribution in [0.25, 0.3) is 0 Å². The molecule has 0 saturated carbocycles. The van der Waals surface area contributed by atoms with E-state index in [4.69, 9.17) is 4.74 Å². The number of carbonyl (C=O) groups excluding carboxylic acids is 2. The first-order valence-electron chi connectivity index (χ1n) is 7.88. The molecule has 6 nitrogen and oxygen atoms in total. The summed E-state index contributed by atoms with van der Waals surface area (Å²) in [4.78, 5) is 26.9. The van der Waals surface area contributed by atoms with Crippen LogP contribution in [0.15, 0.2) is 24.3 Å². The van der Waals surface area contributed by atoms with Gasteiger partial charge in [-0.1, -0.05) is 24.3 Å². The summed E-state index contributed by atoms with van der Waals surface area (Å²) in [7, 11) is 4.94. The smallest absolute Gasteiger partial charge is 0.410 e. The maximum atomic E-state index is 12.1. The van der Waals surface area contributed by atoms with Crippen LogP contribution in [-0.4, -0.2) is 55.2 Å². The van der Waals surface area contributed by atoms with Crippen molar-refractivity contribution >= 4 is 12.1 Å². The zero-order valence-electron chi connectivity index (χ0n) is 15.5. The second-order valence-electron chi connectivity index (χ2n) is 6.85. The van der Waals surface area contributed by atoms with Gasteiger partial charge in [0.2, 0.25) is 0 Å². The van der Waals surface area contributed by atoms with Gasteiger partial charge in [-0.3, -0.25) is 9.69 Å². The fraction of sp³-hybridized carbons (Fsp3) is 0.556. The van der Waals surface area contributed by atoms with Crippen molar-refractivity contribution < 1.29 is 19.1 Å². The number of hydrogen-bond acceptors (Lipinski definition) is 5. The molecule has 24 heavy (non-hydrogen) atoms. The van der Waals surface area contributed by atoms with Crippen molar-refractivity contribution in [1.82, 2.24) is 9.80 Å². The quantitative estimate of drug-likeness (QED) is 0.748. The number of benzene rings is 1. The van der Waals surface area contributed by atoms with E-state index in [1.54, 1.807) is 11.9 Å². The van der Waals surface area contributed by atoms with Gasteiger partial charge in [-0.05, 0) is 38.9 Å². The average Bonchev–Trinajstić information content (AvgIpc) is 2.47. The Bertz CT molecular complexity index is 566. The molecule has 1 rings (SSSR count). The lowest BCUT2D eigenvalue weighted by Gasteiger charge is -2.25. The Labute approximate surface area is 144 Å². The first kappa shape index (κ1) is 20.0. The number of hydrogen-bond donors (Lipinski definition) is 0. The molecular formula is C18H28N2O4. The van der Waals surface area contributed by atoms with E-state index in [1.165, 1.54) is 7.11 Å². The number of amides is 1. The van der Waals surface area contributed by atoms with Gasteiger partial charge in [0.1, 0.15) is 5.60 Å². The second-order valence-corrected chi connectivity index (χ2v) is 6.85. The van der Waals surface area contributed by atoms with Crippen molar-refractivity contribution in [1.29, 1.82) is 0 Å². The summed E-state index contributed by atoms with van der Waals surface area (Å²) in [6.07, 6.45) is -0.361. The number of ether oxygens (including phenoxy) is 2. The Hall–Kier alpha value is -2.08. The van der Waals surface area contributed by atoms with E-state index in [-0.39, 0.29) is 18.6 Å². The molecule has 0 radical (unpaired) electrons. The van der Waals surface area contributed by atoms with Gasteiger partial charge < -0.3 is 14.4 Å². The lowest BCUT2D eigenvalue weighted by molar-refractivity contribution is -0.141. The van der Waals surface area contributed by atoms with Gasteiger partial charge >= 0.3 is 12.1 Å². The minimum atomic E-state index is -0.522. The molecule has 0 bridgehead atoms. The molecule has 0 aliphatic carbocycles. The van der Waals surface area contributed by atoms with Gasteiger partial charge in [0.25, 0.3) is 0 Å². The van der Waals surface area contributed by atoms with Gasteiger partial charge in [0, 0.05) is 20.1 Å². The van der Waals surface area contributed by atoms with Crippen LogP contribution in [-0.2, 0) is 27.4 Å². The standard InChI is InChI=1S/C18H28N2O4/c1-18(2,3)24-17(22)20(5)12-15-10-8-7-9-14(15)11-19(4)13-16(21)23-6/h7-10H,11-13H2,1-6H3. The SMILES string of the molecule is COC(=O)CN(C)Cc1ccccc1CN(C)C(=O)OC(C)(C)C. The van der Waals surface area contributed by atoms with Crippen molar-refractivity contribution in [3.63, 3.8) is 0 Å². The molecule has 0 N–H and O–H groups in total. The van der Waals surface area contributed by atoms with Crippen LogP contribution in [0.2, 0.25) is 0 Å². The third kappa shape index (κ3) is 7.00. The molecule has 1 aromatic rings. The summed E-state index contributed by atoms with van der Waals surface area (Å²) in [5.74, 6) is -0.277. The summed E-state index contributed by atoms with van der Waals surface area (Å²) >= 11 is 0. The molecule has 0 unspecified atom stereocenters.